The third kappa shape index (κ3) is 2.45. The van der Waals surface area contributed by atoms with E-state index in [9.17, 15) is 9.59 Å². The molecule has 0 aromatic heterocycles. The summed E-state index contributed by atoms with van der Waals surface area (Å²) in [6, 6.07) is 3.23. The zero-order valence-electron chi connectivity index (χ0n) is 11.5. The molecule has 0 saturated carbocycles. The fourth-order valence-corrected chi connectivity index (χ4v) is 1.96. The third-order valence-electron chi connectivity index (χ3n) is 2.86. The largest absolute Gasteiger partial charge is 0.493 e. The van der Waals surface area contributed by atoms with Gasteiger partial charge in [-0.3, -0.25) is 4.79 Å². The summed E-state index contributed by atoms with van der Waals surface area (Å²) in [5, 5.41) is 2.62. The summed E-state index contributed by atoms with van der Waals surface area (Å²) in [6.45, 7) is 1.99. The lowest BCUT2D eigenvalue weighted by molar-refractivity contribution is -0.137. The molecule has 1 amide bonds. The lowest BCUT2D eigenvalue weighted by Crippen LogP contribution is -2.13. The van der Waals surface area contributed by atoms with Crippen molar-refractivity contribution in [2.45, 2.75) is 6.92 Å². The van der Waals surface area contributed by atoms with E-state index in [1.807, 2.05) is 0 Å². The molecule has 0 radical (unpaired) electrons. The molecule has 1 aliphatic heterocycles. The Morgan fingerprint density at radius 1 is 1.20 bits per heavy atom. The van der Waals surface area contributed by atoms with Crippen LogP contribution in [0.15, 0.2) is 18.2 Å². The molecule has 20 heavy (non-hydrogen) atoms. The Labute approximate surface area is 116 Å². The topological polar surface area (TPSA) is 73.9 Å². The van der Waals surface area contributed by atoms with Crippen LogP contribution in [0, 0.1) is 0 Å². The normalized spacial score (nSPS) is 14.8. The summed E-state index contributed by atoms with van der Waals surface area (Å²) in [5.41, 5.74) is 1.41. The Bertz CT molecular complexity index is 591. The molecule has 0 spiro atoms. The van der Waals surface area contributed by atoms with Gasteiger partial charge in [0.1, 0.15) is 0 Å². The minimum Gasteiger partial charge on any atom is -0.493 e. The number of amides is 1. The van der Waals surface area contributed by atoms with Crippen molar-refractivity contribution in [3.05, 3.63) is 29.3 Å². The van der Waals surface area contributed by atoms with Gasteiger partial charge in [0.25, 0.3) is 5.91 Å². The highest BCUT2D eigenvalue weighted by molar-refractivity contribution is 6.12. The fourth-order valence-electron chi connectivity index (χ4n) is 1.96. The van der Waals surface area contributed by atoms with Crippen LogP contribution in [0.5, 0.6) is 11.5 Å². The second kappa shape index (κ2) is 5.64. The van der Waals surface area contributed by atoms with Crippen LogP contribution in [0.4, 0.5) is 0 Å². The highest BCUT2D eigenvalue weighted by atomic mass is 16.5. The first-order valence-electron chi connectivity index (χ1n) is 6.06. The molecule has 0 atom stereocenters. The van der Waals surface area contributed by atoms with Crippen molar-refractivity contribution in [1.29, 1.82) is 0 Å². The van der Waals surface area contributed by atoms with Crippen molar-refractivity contribution in [3.8, 4) is 11.5 Å². The molecule has 0 bridgehead atoms. The smallest absolute Gasteiger partial charge is 0.332 e. The number of rotatable bonds is 4. The summed E-state index contributed by atoms with van der Waals surface area (Å²) in [4.78, 5) is 23.4. The number of carbonyl (C=O) groups is 2. The standard InChI is InChI=1S/C14H15NO5/c1-4-20-13(16)7-10-8-5-11(18-2)12(19-3)6-9(8)14(17)15-10/h5-7H,4H2,1-3H3,(H,15,17)/b10-7+. The number of benzene rings is 1. The van der Waals surface area contributed by atoms with Gasteiger partial charge in [-0.15, -0.1) is 0 Å². The van der Waals surface area contributed by atoms with Crippen molar-refractivity contribution < 1.29 is 23.8 Å². The molecule has 1 aromatic carbocycles. The minimum atomic E-state index is -0.509. The average molecular weight is 277 g/mol. The summed E-state index contributed by atoms with van der Waals surface area (Å²) in [5.74, 6) is 0.137. The second-order valence-electron chi connectivity index (χ2n) is 4.02. The Balaban J connectivity index is 2.47. The first-order valence-corrected chi connectivity index (χ1v) is 6.06. The van der Waals surface area contributed by atoms with Crippen LogP contribution in [-0.2, 0) is 9.53 Å². The number of hydrogen-bond acceptors (Lipinski definition) is 5. The van der Waals surface area contributed by atoms with Gasteiger partial charge < -0.3 is 19.5 Å². The monoisotopic (exact) mass is 277 g/mol. The molecule has 106 valence electrons. The number of carbonyl (C=O) groups excluding carboxylic acids is 2. The third-order valence-corrected chi connectivity index (χ3v) is 2.86. The van der Waals surface area contributed by atoms with E-state index in [4.69, 9.17) is 14.2 Å². The molecular formula is C14H15NO5. The molecule has 0 aliphatic carbocycles. The first-order chi connectivity index (χ1) is 9.60. The van der Waals surface area contributed by atoms with Crippen LogP contribution < -0.4 is 14.8 Å². The van der Waals surface area contributed by atoms with E-state index >= 15 is 0 Å². The van der Waals surface area contributed by atoms with Crippen LogP contribution in [0.25, 0.3) is 5.70 Å². The van der Waals surface area contributed by atoms with Gasteiger partial charge in [0.2, 0.25) is 0 Å². The van der Waals surface area contributed by atoms with E-state index in [0.717, 1.165) is 0 Å². The Hall–Kier alpha value is -2.50. The summed E-state index contributed by atoms with van der Waals surface area (Å²) >= 11 is 0. The van der Waals surface area contributed by atoms with E-state index in [1.54, 1.807) is 19.1 Å². The van der Waals surface area contributed by atoms with E-state index < -0.39 is 5.97 Å². The first kappa shape index (κ1) is 13.9. The van der Waals surface area contributed by atoms with Crippen LogP contribution in [0.1, 0.15) is 22.8 Å². The van der Waals surface area contributed by atoms with Crippen LogP contribution in [0.2, 0.25) is 0 Å². The highest BCUT2D eigenvalue weighted by Crippen LogP contribution is 2.35. The number of nitrogens with one attached hydrogen (secondary N) is 1. The number of hydrogen-bond donors (Lipinski definition) is 1. The van der Waals surface area contributed by atoms with E-state index in [1.165, 1.54) is 20.3 Å². The molecule has 6 nitrogen and oxygen atoms in total. The quantitative estimate of drug-likeness (QED) is 0.664. The van der Waals surface area contributed by atoms with Gasteiger partial charge in [0.15, 0.2) is 11.5 Å². The molecule has 0 fully saturated rings. The number of methoxy groups -OCH3 is 2. The summed E-state index contributed by atoms with van der Waals surface area (Å²) < 4.78 is 15.2. The van der Waals surface area contributed by atoms with Crippen LogP contribution >= 0.6 is 0 Å². The summed E-state index contributed by atoms with van der Waals surface area (Å²) in [7, 11) is 3.00. The van der Waals surface area contributed by atoms with Crippen LogP contribution in [-0.4, -0.2) is 32.7 Å². The van der Waals surface area contributed by atoms with Crippen LogP contribution in [0.3, 0.4) is 0 Å². The second-order valence-corrected chi connectivity index (χ2v) is 4.02. The zero-order chi connectivity index (χ0) is 14.7. The maximum atomic E-state index is 11.9. The molecule has 6 heteroatoms. The van der Waals surface area contributed by atoms with E-state index in [-0.39, 0.29) is 12.5 Å². The molecule has 1 N–H and O–H groups in total. The number of esters is 1. The van der Waals surface area contributed by atoms with Crippen molar-refractivity contribution >= 4 is 17.6 Å². The minimum absolute atomic E-state index is 0.273. The van der Waals surface area contributed by atoms with Crippen molar-refractivity contribution in [2.24, 2.45) is 0 Å². The maximum Gasteiger partial charge on any atom is 0.332 e. The predicted molar refractivity (Wildman–Crippen MR) is 71.6 cm³/mol. The lowest BCUT2D eigenvalue weighted by Gasteiger charge is -2.09. The van der Waals surface area contributed by atoms with Crippen molar-refractivity contribution in [3.63, 3.8) is 0 Å². The number of ether oxygens (including phenoxy) is 3. The molecule has 1 heterocycles. The maximum absolute atomic E-state index is 11.9. The van der Waals surface area contributed by atoms with Crippen molar-refractivity contribution in [2.75, 3.05) is 20.8 Å². The number of fused-ring (bicyclic) bond motifs is 1. The predicted octanol–water partition coefficient (Wildman–Crippen LogP) is 1.35. The fraction of sp³-hybridized carbons (Fsp3) is 0.286. The van der Waals surface area contributed by atoms with Crippen molar-refractivity contribution in [1.82, 2.24) is 5.32 Å². The Kier molecular flexibility index (Phi) is 3.93. The molecule has 2 rings (SSSR count). The molecule has 0 saturated heterocycles. The lowest BCUT2D eigenvalue weighted by atomic mass is 10.1. The van der Waals surface area contributed by atoms with E-state index in [0.29, 0.717) is 28.3 Å². The zero-order valence-corrected chi connectivity index (χ0v) is 11.5. The molecule has 0 unspecified atom stereocenters. The van der Waals surface area contributed by atoms with Gasteiger partial charge in [-0.05, 0) is 19.1 Å². The molecule has 1 aliphatic rings. The SMILES string of the molecule is CCOC(=O)/C=C1/NC(=O)c2cc(OC)c(OC)cc21. The van der Waals surface area contributed by atoms with Gasteiger partial charge in [-0.1, -0.05) is 0 Å². The van der Waals surface area contributed by atoms with Gasteiger partial charge in [0.05, 0.1) is 32.1 Å². The van der Waals surface area contributed by atoms with Gasteiger partial charge in [0, 0.05) is 11.6 Å². The van der Waals surface area contributed by atoms with Gasteiger partial charge in [-0.2, -0.15) is 0 Å². The highest BCUT2D eigenvalue weighted by Gasteiger charge is 2.27. The summed E-state index contributed by atoms with van der Waals surface area (Å²) in [6.07, 6.45) is 1.25. The van der Waals surface area contributed by atoms with Gasteiger partial charge >= 0.3 is 5.97 Å². The van der Waals surface area contributed by atoms with E-state index in [2.05, 4.69) is 5.32 Å². The molecular weight excluding hydrogens is 262 g/mol. The Morgan fingerprint density at radius 3 is 2.35 bits per heavy atom. The molecule has 1 aromatic rings. The van der Waals surface area contributed by atoms with Gasteiger partial charge in [-0.25, -0.2) is 4.79 Å². The Morgan fingerprint density at radius 2 is 1.80 bits per heavy atom. The average Bonchev–Trinajstić information content (AvgIpc) is 2.73.